The molecule has 0 radical (unpaired) electrons. The van der Waals surface area contributed by atoms with Crippen LogP contribution in [-0.4, -0.2) is 54.1 Å². The molecular formula is C11H21N3O4. The lowest BCUT2D eigenvalue weighted by molar-refractivity contribution is -0.140. The highest BCUT2D eigenvalue weighted by Crippen LogP contribution is 2.01. The predicted octanol–water partition coefficient (Wildman–Crippen LogP) is -0.128. The number of carboxylic acids is 1. The number of carbonyl (C=O) groups excluding carboxylic acids is 2. The quantitative estimate of drug-likeness (QED) is 0.640. The molecule has 1 unspecified atom stereocenters. The zero-order valence-corrected chi connectivity index (χ0v) is 11.4. The van der Waals surface area contributed by atoms with Gasteiger partial charge in [-0.05, 0) is 12.8 Å². The van der Waals surface area contributed by atoms with E-state index in [2.05, 4.69) is 10.6 Å². The molecule has 0 rings (SSSR count). The molecule has 0 aromatic carbocycles. The maximum Gasteiger partial charge on any atom is 0.326 e. The van der Waals surface area contributed by atoms with E-state index in [9.17, 15) is 14.4 Å². The lowest BCUT2D eigenvalue weighted by Crippen LogP contribution is -2.53. The molecule has 2 atom stereocenters. The Morgan fingerprint density at radius 3 is 1.89 bits per heavy atom. The number of likely N-dealkylation sites (N-methyl/N-ethyl adjacent to an activating group) is 1. The molecule has 0 fully saturated rings. The standard InChI is InChI=1S/C11H21N3O4/c1-6(2)8(10(16)17)13-11(18)12-7(3)9(15)14(4)5/h6-8H,1-5H3,(H,16,17)(H2,12,13,18)/t7?,8-/m1/s1. The van der Waals surface area contributed by atoms with Crippen LogP contribution in [0, 0.1) is 5.92 Å². The topological polar surface area (TPSA) is 98.7 Å². The van der Waals surface area contributed by atoms with Gasteiger partial charge in [-0.1, -0.05) is 13.8 Å². The summed E-state index contributed by atoms with van der Waals surface area (Å²) in [7, 11) is 3.15. The minimum atomic E-state index is -1.10. The van der Waals surface area contributed by atoms with Crippen molar-refractivity contribution < 1.29 is 19.5 Å². The minimum absolute atomic E-state index is 0.242. The van der Waals surface area contributed by atoms with E-state index in [-0.39, 0.29) is 11.8 Å². The van der Waals surface area contributed by atoms with Gasteiger partial charge in [0.05, 0.1) is 0 Å². The van der Waals surface area contributed by atoms with Gasteiger partial charge in [-0.2, -0.15) is 0 Å². The zero-order chi connectivity index (χ0) is 14.5. The highest BCUT2D eigenvalue weighted by Gasteiger charge is 2.25. The molecule has 3 amide bonds. The number of rotatable bonds is 5. The van der Waals surface area contributed by atoms with Crippen LogP contribution in [0.15, 0.2) is 0 Å². The van der Waals surface area contributed by atoms with Gasteiger partial charge in [0.25, 0.3) is 0 Å². The van der Waals surface area contributed by atoms with E-state index < -0.39 is 24.1 Å². The fourth-order valence-electron chi connectivity index (χ4n) is 1.34. The summed E-state index contributed by atoms with van der Waals surface area (Å²) >= 11 is 0. The number of carboxylic acid groups (broad SMARTS) is 1. The second-order valence-electron chi connectivity index (χ2n) is 4.63. The van der Waals surface area contributed by atoms with Crippen molar-refractivity contribution in [3.8, 4) is 0 Å². The summed E-state index contributed by atoms with van der Waals surface area (Å²) in [5.74, 6) is -1.61. The van der Waals surface area contributed by atoms with Gasteiger partial charge in [-0.15, -0.1) is 0 Å². The molecule has 7 heteroatoms. The molecule has 0 aliphatic heterocycles. The van der Waals surface area contributed by atoms with E-state index in [0.29, 0.717) is 0 Å². The largest absolute Gasteiger partial charge is 0.480 e. The van der Waals surface area contributed by atoms with Crippen LogP contribution in [0.4, 0.5) is 4.79 Å². The lowest BCUT2D eigenvalue weighted by Gasteiger charge is -2.21. The monoisotopic (exact) mass is 259 g/mol. The molecule has 0 saturated carbocycles. The summed E-state index contributed by atoms with van der Waals surface area (Å²) in [6.07, 6.45) is 0. The molecular weight excluding hydrogens is 238 g/mol. The summed E-state index contributed by atoms with van der Waals surface area (Å²) in [5, 5.41) is 13.6. The lowest BCUT2D eigenvalue weighted by atomic mass is 10.1. The Hall–Kier alpha value is -1.79. The van der Waals surface area contributed by atoms with E-state index in [4.69, 9.17) is 5.11 Å². The molecule has 0 heterocycles. The van der Waals surface area contributed by atoms with E-state index in [0.717, 1.165) is 0 Å². The molecule has 0 aromatic heterocycles. The second kappa shape index (κ2) is 6.83. The van der Waals surface area contributed by atoms with Gasteiger partial charge in [-0.25, -0.2) is 9.59 Å². The van der Waals surface area contributed by atoms with Crippen LogP contribution in [0.1, 0.15) is 20.8 Å². The molecule has 104 valence electrons. The third-order valence-corrected chi connectivity index (χ3v) is 2.38. The summed E-state index contributed by atoms with van der Waals surface area (Å²) < 4.78 is 0. The van der Waals surface area contributed by atoms with Crippen molar-refractivity contribution >= 4 is 17.9 Å². The average molecular weight is 259 g/mol. The first-order chi connectivity index (χ1) is 8.16. The van der Waals surface area contributed by atoms with Gasteiger partial charge < -0.3 is 20.6 Å². The Morgan fingerprint density at radius 2 is 1.56 bits per heavy atom. The first kappa shape index (κ1) is 16.2. The molecule has 18 heavy (non-hydrogen) atoms. The van der Waals surface area contributed by atoms with Crippen molar-refractivity contribution in [2.24, 2.45) is 5.92 Å². The first-order valence-electron chi connectivity index (χ1n) is 5.67. The maximum atomic E-state index is 11.5. The molecule has 0 bridgehead atoms. The Bertz CT molecular complexity index is 328. The summed E-state index contributed by atoms with van der Waals surface area (Å²) in [6.45, 7) is 4.91. The van der Waals surface area contributed by atoms with E-state index in [1.165, 1.54) is 11.8 Å². The number of hydrogen-bond donors (Lipinski definition) is 3. The molecule has 0 spiro atoms. The van der Waals surface area contributed by atoms with Gasteiger partial charge in [-0.3, -0.25) is 4.79 Å². The van der Waals surface area contributed by atoms with Crippen LogP contribution in [0.2, 0.25) is 0 Å². The van der Waals surface area contributed by atoms with Crippen LogP contribution < -0.4 is 10.6 Å². The van der Waals surface area contributed by atoms with Crippen molar-refractivity contribution in [2.45, 2.75) is 32.9 Å². The van der Waals surface area contributed by atoms with Crippen molar-refractivity contribution in [2.75, 3.05) is 14.1 Å². The van der Waals surface area contributed by atoms with E-state index >= 15 is 0 Å². The van der Waals surface area contributed by atoms with Gasteiger partial charge in [0.1, 0.15) is 12.1 Å². The number of hydrogen-bond acceptors (Lipinski definition) is 3. The first-order valence-corrected chi connectivity index (χ1v) is 5.67. The van der Waals surface area contributed by atoms with E-state index in [1.807, 2.05) is 0 Å². The fraction of sp³-hybridized carbons (Fsp3) is 0.727. The Labute approximate surface area is 107 Å². The summed E-state index contributed by atoms with van der Waals surface area (Å²) in [5.41, 5.74) is 0. The normalized spacial score (nSPS) is 13.7. The molecule has 3 N–H and O–H groups in total. The van der Waals surface area contributed by atoms with Crippen molar-refractivity contribution in [3.05, 3.63) is 0 Å². The highest BCUT2D eigenvalue weighted by molar-refractivity contribution is 5.88. The predicted molar refractivity (Wildman–Crippen MR) is 66.1 cm³/mol. The average Bonchev–Trinajstić information content (AvgIpc) is 2.23. The van der Waals surface area contributed by atoms with Crippen molar-refractivity contribution in [1.82, 2.24) is 15.5 Å². The zero-order valence-electron chi connectivity index (χ0n) is 11.4. The number of amides is 3. The molecule has 0 aliphatic carbocycles. The van der Waals surface area contributed by atoms with Crippen LogP contribution in [-0.2, 0) is 9.59 Å². The molecule has 7 nitrogen and oxygen atoms in total. The summed E-state index contributed by atoms with van der Waals surface area (Å²) in [6, 6.07) is -2.35. The minimum Gasteiger partial charge on any atom is -0.480 e. The van der Waals surface area contributed by atoms with Crippen LogP contribution in [0.5, 0.6) is 0 Å². The van der Waals surface area contributed by atoms with Gasteiger partial charge in [0, 0.05) is 14.1 Å². The highest BCUT2D eigenvalue weighted by atomic mass is 16.4. The Kier molecular flexibility index (Phi) is 6.15. The SMILES string of the molecule is CC(NC(=O)N[C@@H](C(=O)O)C(C)C)C(=O)N(C)C. The van der Waals surface area contributed by atoms with Gasteiger partial charge in [0.15, 0.2) is 0 Å². The van der Waals surface area contributed by atoms with Gasteiger partial charge >= 0.3 is 12.0 Å². The van der Waals surface area contributed by atoms with Crippen molar-refractivity contribution in [1.29, 1.82) is 0 Å². The number of carbonyl (C=O) groups is 3. The van der Waals surface area contributed by atoms with E-state index in [1.54, 1.807) is 27.9 Å². The maximum absolute atomic E-state index is 11.5. The van der Waals surface area contributed by atoms with Crippen LogP contribution in [0.25, 0.3) is 0 Å². The number of nitrogens with one attached hydrogen (secondary N) is 2. The van der Waals surface area contributed by atoms with Crippen LogP contribution in [0.3, 0.4) is 0 Å². The second-order valence-corrected chi connectivity index (χ2v) is 4.63. The molecule has 0 aromatic rings. The third-order valence-electron chi connectivity index (χ3n) is 2.38. The number of aliphatic carboxylic acids is 1. The van der Waals surface area contributed by atoms with Crippen molar-refractivity contribution in [3.63, 3.8) is 0 Å². The summed E-state index contributed by atoms with van der Waals surface area (Å²) in [4.78, 5) is 35.3. The van der Waals surface area contributed by atoms with Gasteiger partial charge in [0.2, 0.25) is 5.91 Å². The third kappa shape index (κ3) is 5.03. The number of urea groups is 1. The smallest absolute Gasteiger partial charge is 0.326 e. The Balaban J connectivity index is 4.42. The molecule has 0 saturated heterocycles. The fourth-order valence-corrected chi connectivity index (χ4v) is 1.34. The Morgan fingerprint density at radius 1 is 1.06 bits per heavy atom. The van der Waals surface area contributed by atoms with Crippen LogP contribution >= 0.6 is 0 Å². The number of nitrogens with zero attached hydrogens (tertiary/aromatic N) is 1. The molecule has 0 aliphatic rings.